The maximum atomic E-state index is 12.1. The summed E-state index contributed by atoms with van der Waals surface area (Å²) in [5.41, 5.74) is 6.78. The number of carbonyl (C=O) groups is 1. The van der Waals surface area contributed by atoms with E-state index in [1.165, 1.54) is 24.3 Å². The fourth-order valence-corrected chi connectivity index (χ4v) is 1.68. The molecule has 0 aliphatic heterocycles. The number of anilines is 1. The van der Waals surface area contributed by atoms with Gasteiger partial charge in [-0.1, -0.05) is 17.3 Å². The average Bonchev–Trinajstić information content (AvgIpc) is 2.47. The van der Waals surface area contributed by atoms with Crippen LogP contribution in [0.4, 0.5) is 5.69 Å². The molecule has 0 spiro atoms. The van der Waals surface area contributed by atoms with E-state index in [1.807, 2.05) is 0 Å². The molecule has 0 bridgehead atoms. The van der Waals surface area contributed by atoms with E-state index >= 15 is 0 Å². The van der Waals surface area contributed by atoms with Gasteiger partial charge in [0.1, 0.15) is 5.75 Å². The van der Waals surface area contributed by atoms with Crippen LogP contribution in [0.1, 0.15) is 15.9 Å². The van der Waals surface area contributed by atoms with Crippen LogP contribution in [-0.2, 0) is 0 Å². The first-order valence-electron chi connectivity index (χ1n) is 5.79. The standard InChI is InChI=1S/C14H13N3O3/c15-13(17-20)11-3-1-2-4-12(11)16-14(19)9-5-7-10(18)8-6-9/h1-8,18,20H,(H2,15,17)(H,16,19). The minimum atomic E-state index is -0.358. The smallest absolute Gasteiger partial charge is 0.255 e. The Kier molecular flexibility index (Phi) is 3.85. The molecule has 0 unspecified atom stereocenters. The number of carbonyl (C=O) groups excluding carboxylic acids is 1. The fourth-order valence-electron chi connectivity index (χ4n) is 1.68. The summed E-state index contributed by atoms with van der Waals surface area (Å²) < 4.78 is 0. The molecule has 0 radical (unpaired) electrons. The molecule has 6 heteroatoms. The van der Waals surface area contributed by atoms with Crippen LogP contribution < -0.4 is 11.1 Å². The number of hydrogen-bond donors (Lipinski definition) is 4. The third-order valence-corrected chi connectivity index (χ3v) is 2.69. The molecule has 0 saturated heterocycles. The van der Waals surface area contributed by atoms with Gasteiger partial charge in [0.2, 0.25) is 0 Å². The second kappa shape index (κ2) is 5.75. The summed E-state index contributed by atoms with van der Waals surface area (Å²) >= 11 is 0. The Labute approximate surface area is 115 Å². The minimum Gasteiger partial charge on any atom is -0.508 e. The lowest BCUT2D eigenvalue weighted by molar-refractivity contribution is 0.102. The highest BCUT2D eigenvalue weighted by atomic mass is 16.4. The van der Waals surface area contributed by atoms with Gasteiger partial charge in [-0.25, -0.2) is 0 Å². The summed E-state index contributed by atoms with van der Waals surface area (Å²) in [6.45, 7) is 0. The predicted octanol–water partition coefficient (Wildman–Crippen LogP) is 1.74. The zero-order chi connectivity index (χ0) is 14.5. The number of amides is 1. The molecule has 0 saturated carbocycles. The van der Waals surface area contributed by atoms with E-state index in [0.29, 0.717) is 16.8 Å². The van der Waals surface area contributed by atoms with Crippen molar-refractivity contribution < 1.29 is 15.1 Å². The number of rotatable bonds is 3. The van der Waals surface area contributed by atoms with Gasteiger partial charge in [0.05, 0.1) is 5.69 Å². The van der Waals surface area contributed by atoms with Crippen LogP contribution in [0.25, 0.3) is 0 Å². The van der Waals surface area contributed by atoms with Crippen LogP contribution in [-0.4, -0.2) is 22.1 Å². The second-order valence-corrected chi connectivity index (χ2v) is 4.03. The van der Waals surface area contributed by atoms with Crippen molar-refractivity contribution in [1.29, 1.82) is 0 Å². The Hall–Kier alpha value is -3.02. The van der Waals surface area contributed by atoms with Gasteiger partial charge in [-0.05, 0) is 36.4 Å². The molecule has 1 amide bonds. The quantitative estimate of drug-likeness (QED) is 0.295. The first kappa shape index (κ1) is 13.4. The maximum Gasteiger partial charge on any atom is 0.255 e. The van der Waals surface area contributed by atoms with Gasteiger partial charge >= 0.3 is 0 Å². The van der Waals surface area contributed by atoms with Gasteiger partial charge in [-0.15, -0.1) is 0 Å². The number of nitrogens with zero attached hydrogens (tertiary/aromatic N) is 1. The molecule has 6 nitrogen and oxygen atoms in total. The predicted molar refractivity (Wildman–Crippen MR) is 75.0 cm³/mol. The van der Waals surface area contributed by atoms with Crippen LogP contribution in [0.5, 0.6) is 5.75 Å². The van der Waals surface area contributed by atoms with Crippen molar-refractivity contribution >= 4 is 17.4 Å². The van der Waals surface area contributed by atoms with Gasteiger partial charge in [-0.2, -0.15) is 0 Å². The normalized spacial score (nSPS) is 11.1. The molecule has 0 atom stereocenters. The molecule has 20 heavy (non-hydrogen) atoms. The first-order valence-corrected chi connectivity index (χ1v) is 5.79. The van der Waals surface area contributed by atoms with Crippen LogP contribution in [0, 0.1) is 0 Å². The van der Waals surface area contributed by atoms with E-state index in [1.54, 1.807) is 24.3 Å². The lowest BCUT2D eigenvalue weighted by Crippen LogP contribution is -2.19. The van der Waals surface area contributed by atoms with E-state index in [2.05, 4.69) is 10.5 Å². The van der Waals surface area contributed by atoms with Crippen molar-refractivity contribution in [1.82, 2.24) is 0 Å². The number of phenolic OH excluding ortho intramolecular Hbond substituents is 1. The zero-order valence-corrected chi connectivity index (χ0v) is 10.4. The number of nitrogens with one attached hydrogen (secondary N) is 1. The summed E-state index contributed by atoms with van der Waals surface area (Å²) in [5, 5.41) is 23.5. The number of phenols is 1. The molecule has 102 valence electrons. The van der Waals surface area contributed by atoms with Gasteiger partial charge < -0.3 is 21.4 Å². The minimum absolute atomic E-state index is 0.0820. The largest absolute Gasteiger partial charge is 0.508 e. The highest BCUT2D eigenvalue weighted by Crippen LogP contribution is 2.17. The van der Waals surface area contributed by atoms with Gasteiger partial charge in [0.15, 0.2) is 5.84 Å². The third kappa shape index (κ3) is 2.86. The topological polar surface area (TPSA) is 108 Å². The molecule has 2 rings (SSSR count). The number of hydrogen-bond acceptors (Lipinski definition) is 4. The lowest BCUT2D eigenvalue weighted by Gasteiger charge is -2.10. The number of oxime groups is 1. The van der Waals surface area contributed by atoms with E-state index < -0.39 is 0 Å². The number of amidine groups is 1. The Bertz CT molecular complexity index is 651. The molecule has 2 aromatic rings. The van der Waals surface area contributed by atoms with E-state index in [0.717, 1.165) is 0 Å². The number of aromatic hydroxyl groups is 1. The van der Waals surface area contributed by atoms with E-state index in [9.17, 15) is 9.90 Å². The van der Waals surface area contributed by atoms with Crippen LogP contribution in [0.3, 0.4) is 0 Å². The highest BCUT2D eigenvalue weighted by Gasteiger charge is 2.11. The Morgan fingerprint density at radius 3 is 2.40 bits per heavy atom. The van der Waals surface area contributed by atoms with Gasteiger partial charge in [0.25, 0.3) is 5.91 Å². The summed E-state index contributed by atoms with van der Waals surface area (Å²) in [7, 11) is 0. The van der Waals surface area contributed by atoms with E-state index in [-0.39, 0.29) is 17.5 Å². The Balaban J connectivity index is 2.26. The molecule has 0 heterocycles. The maximum absolute atomic E-state index is 12.1. The molecular formula is C14H13N3O3. The fraction of sp³-hybridized carbons (Fsp3) is 0. The summed E-state index contributed by atoms with van der Waals surface area (Å²) in [5.74, 6) is -0.367. The molecule has 5 N–H and O–H groups in total. The highest BCUT2D eigenvalue weighted by molar-refractivity contribution is 6.09. The summed E-state index contributed by atoms with van der Waals surface area (Å²) in [6, 6.07) is 12.5. The van der Waals surface area contributed by atoms with Crippen molar-refractivity contribution in [3.05, 3.63) is 59.7 Å². The average molecular weight is 271 g/mol. The molecule has 0 aliphatic rings. The van der Waals surface area contributed by atoms with E-state index in [4.69, 9.17) is 10.9 Å². The molecule has 2 aromatic carbocycles. The number of para-hydroxylation sites is 1. The van der Waals surface area contributed by atoms with Gasteiger partial charge in [-0.3, -0.25) is 4.79 Å². The molecule has 0 aromatic heterocycles. The Morgan fingerprint density at radius 2 is 1.75 bits per heavy atom. The second-order valence-electron chi connectivity index (χ2n) is 4.03. The SMILES string of the molecule is N/C(=N/O)c1ccccc1NC(=O)c1ccc(O)cc1. The summed E-state index contributed by atoms with van der Waals surface area (Å²) in [6.07, 6.45) is 0. The van der Waals surface area contributed by atoms with Crippen molar-refractivity contribution in [2.45, 2.75) is 0 Å². The molecule has 0 fully saturated rings. The lowest BCUT2D eigenvalue weighted by atomic mass is 10.1. The zero-order valence-electron chi connectivity index (χ0n) is 10.4. The summed E-state index contributed by atoms with van der Waals surface area (Å²) in [4.78, 5) is 12.1. The van der Waals surface area contributed by atoms with Gasteiger partial charge in [0, 0.05) is 11.1 Å². The van der Waals surface area contributed by atoms with Crippen LogP contribution in [0.2, 0.25) is 0 Å². The third-order valence-electron chi connectivity index (χ3n) is 2.69. The van der Waals surface area contributed by atoms with Crippen molar-refractivity contribution in [3.63, 3.8) is 0 Å². The number of benzene rings is 2. The van der Waals surface area contributed by atoms with Crippen molar-refractivity contribution in [2.75, 3.05) is 5.32 Å². The van der Waals surface area contributed by atoms with Crippen molar-refractivity contribution in [3.8, 4) is 5.75 Å². The molecular weight excluding hydrogens is 258 g/mol. The van der Waals surface area contributed by atoms with Crippen molar-refractivity contribution in [2.24, 2.45) is 10.9 Å². The Morgan fingerprint density at radius 1 is 1.10 bits per heavy atom. The van der Waals surface area contributed by atoms with Crippen LogP contribution >= 0.6 is 0 Å². The monoisotopic (exact) mass is 271 g/mol. The van der Waals surface area contributed by atoms with Crippen LogP contribution in [0.15, 0.2) is 53.7 Å². The first-order chi connectivity index (χ1) is 9.61. The molecule has 0 aliphatic carbocycles. The number of nitrogens with two attached hydrogens (primary N) is 1.